The lowest BCUT2D eigenvalue weighted by Crippen LogP contribution is -2.05. The SMILES string of the molecule is COc1ccc(Nc2nc(Nc3cccc(OC)c3OC)ncc2Cl)c(NP(C)(=O)O)c1. The largest absolute Gasteiger partial charge is 0.497 e. The summed E-state index contributed by atoms with van der Waals surface area (Å²) in [5, 5.41) is 8.97. The van der Waals surface area contributed by atoms with Crippen molar-refractivity contribution in [2.45, 2.75) is 0 Å². The first-order valence-corrected chi connectivity index (χ1v) is 11.8. The van der Waals surface area contributed by atoms with Crippen LogP contribution in [0.2, 0.25) is 5.02 Å². The lowest BCUT2D eigenvalue weighted by atomic mass is 10.2. The van der Waals surface area contributed by atoms with Gasteiger partial charge in [0.15, 0.2) is 17.3 Å². The Balaban J connectivity index is 1.93. The molecule has 0 aliphatic rings. The molecule has 32 heavy (non-hydrogen) atoms. The number of para-hydroxylation sites is 1. The molecule has 1 atom stereocenters. The molecule has 2 aromatic carbocycles. The summed E-state index contributed by atoms with van der Waals surface area (Å²) in [5.74, 6) is 2.07. The average molecular weight is 480 g/mol. The number of hydrogen-bond donors (Lipinski definition) is 4. The minimum Gasteiger partial charge on any atom is -0.497 e. The van der Waals surface area contributed by atoms with Crippen molar-refractivity contribution in [3.05, 3.63) is 47.6 Å². The number of methoxy groups -OCH3 is 3. The van der Waals surface area contributed by atoms with Crippen molar-refractivity contribution < 1.29 is 23.7 Å². The zero-order chi connectivity index (χ0) is 23.3. The second-order valence-electron chi connectivity index (χ2n) is 6.58. The average Bonchev–Trinajstić information content (AvgIpc) is 2.75. The highest BCUT2D eigenvalue weighted by Crippen LogP contribution is 2.42. The van der Waals surface area contributed by atoms with Gasteiger partial charge in [0, 0.05) is 12.7 Å². The van der Waals surface area contributed by atoms with Gasteiger partial charge in [-0.05, 0) is 24.3 Å². The molecule has 12 heteroatoms. The number of ether oxygens (including phenoxy) is 3. The third-order valence-corrected chi connectivity index (χ3v) is 5.13. The minimum atomic E-state index is -3.58. The summed E-state index contributed by atoms with van der Waals surface area (Å²) < 4.78 is 27.8. The number of aromatic nitrogens is 2. The van der Waals surface area contributed by atoms with Crippen molar-refractivity contribution in [3.63, 3.8) is 0 Å². The van der Waals surface area contributed by atoms with E-state index in [2.05, 4.69) is 25.7 Å². The highest BCUT2D eigenvalue weighted by molar-refractivity contribution is 7.58. The molecule has 0 radical (unpaired) electrons. The van der Waals surface area contributed by atoms with Gasteiger partial charge in [0.05, 0.1) is 44.6 Å². The van der Waals surface area contributed by atoms with Crippen molar-refractivity contribution in [1.82, 2.24) is 9.97 Å². The van der Waals surface area contributed by atoms with E-state index in [1.807, 2.05) is 0 Å². The fourth-order valence-corrected chi connectivity index (χ4v) is 3.59. The molecule has 1 unspecified atom stereocenters. The van der Waals surface area contributed by atoms with E-state index in [1.54, 1.807) is 43.5 Å². The highest BCUT2D eigenvalue weighted by atomic mass is 35.5. The number of anilines is 5. The lowest BCUT2D eigenvalue weighted by Gasteiger charge is -2.17. The molecule has 170 valence electrons. The van der Waals surface area contributed by atoms with Crippen LogP contribution in [0.4, 0.5) is 28.8 Å². The molecule has 0 saturated heterocycles. The van der Waals surface area contributed by atoms with Crippen LogP contribution in [0.1, 0.15) is 0 Å². The van der Waals surface area contributed by atoms with Gasteiger partial charge in [-0.25, -0.2) is 4.98 Å². The van der Waals surface area contributed by atoms with Crippen LogP contribution in [-0.4, -0.2) is 42.9 Å². The number of nitrogens with one attached hydrogen (secondary N) is 3. The minimum absolute atomic E-state index is 0.245. The van der Waals surface area contributed by atoms with Gasteiger partial charge in [-0.15, -0.1) is 0 Å². The molecule has 0 amide bonds. The Kier molecular flexibility index (Phi) is 7.29. The third-order valence-electron chi connectivity index (χ3n) is 4.20. The molecule has 0 spiro atoms. The summed E-state index contributed by atoms with van der Waals surface area (Å²) >= 11 is 6.29. The molecule has 0 aliphatic heterocycles. The van der Waals surface area contributed by atoms with E-state index >= 15 is 0 Å². The zero-order valence-electron chi connectivity index (χ0n) is 17.8. The number of halogens is 1. The van der Waals surface area contributed by atoms with Gasteiger partial charge in [0.25, 0.3) is 7.52 Å². The van der Waals surface area contributed by atoms with Gasteiger partial charge < -0.3 is 34.8 Å². The summed E-state index contributed by atoms with van der Waals surface area (Å²) in [6.45, 7) is 1.19. The van der Waals surface area contributed by atoms with E-state index in [1.165, 1.54) is 27.1 Å². The van der Waals surface area contributed by atoms with Crippen LogP contribution in [0.5, 0.6) is 17.2 Å². The van der Waals surface area contributed by atoms with E-state index in [0.717, 1.165) is 0 Å². The van der Waals surface area contributed by atoms with E-state index in [0.29, 0.717) is 34.3 Å². The standard InChI is InChI=1S/C20H23ClN5O5P/c1-29-12-8-9-14(16(10-12)26-32(4,27)28)23-19-13(21)11-22-20(25-19)24-15-6-5-7-17(30-2)18(15)31-3/h5-11H,1-4H3,(H2,26,27,28)(H2,22,23,24,25). The monoisotopic (exact) mass is 479 g/mol. The number of benzene rings is 2. The van der Waals surface area contributed by atoms with Crippen molar-refractivity contribution >= 4 is 47.9 Å². The Hall–Kier alpha value is -3.20. The van der Waals surface area contributed by atoms with Crippen molar-refractivity contribution in [2.75, 3.05) is 43.7 Å². The van der Waals surface area contributed by atoms with Crippen LogP contribution in [0.25, 0.3) is 0 Å². The van der Waals surface area contributed by atoms with Crippen LogP contribution in [0, 0.1) is 0 Å². The summed E-state index contributed by atoms with van der Waals surface area (Å²) in [5.41, 5.74) is 1.41. The lowest BCUT2D eigenvalue weighted by molar-refractivity contribution is 0.356. The van der Waals surface area contributed by atoms with Crippen molar-refractivity contribution in [2.24, 2.45) is 0 Å². The highest BCUT2D eigenvalue weighted by Gasteiger charge is 2.16. The number of hydrogen-bond acceptors (Lipinski definition) is 8. The molecular formula is C20H23ClN5O5P. The Morgan fingerprint density at radius 1 is 1.00 bits per heavy atom. The second-order valence-corrected chi connectivity index (χ2v) is 8.97. The molecule has 0 bridgehead atoms. The summed E-state index contributed by atoms with van der Waals surface area (Å²) in [6.07, 6.45) is 1.43. The maximum absolute atomic E-state index is 11.9. The fraction of sp³-hybridized carbons (Fsp3) is 0.200. The van der Waals surface area contributed by atoms with Crippen LogP contribution >= 0.6 is 19.1 Å². The number of nitrogens with zero attached hydrogens (tertiary/aromatic N) is 2. The van der Waals surface area contributed by atoms with E-state index in [9.17, 15) is 9.46 Å². The molecule has 10 nitrogen and oxygen atoms in total. The predicted octanol–water partition coefficient (Wildman–Crippen LogP) is 4.87. The first-order chi connectivity index (χ1) is 15.2. The maximum atomic E-state index is 11.9. The van der Waals surface area contributed by atoms with E-state index < -0.39 is 7.52 Å². The number of rotatable bonds is 9. The van der Waals surface area contributed by atoms with E-state index in [4.69, 9.17) is 25.8 Å². The van der Waals surface area contributed by atoms with Crippen molar-refractivity contribution in [3.8, 4) is 17.2 Å². The van der Waals surface area contributed by atoms with Gasteiger partial charge in [-0.2, -0.15) is 4.98 Å². The molecule has 3 aromatic rings. The molecule has 0 saturated carbocycles. The molecule has 1 aromatic heterocycles. The fourth-order valence-electron chi connectivity index (χ4n) is 2.82. The van der Waals surface area contributed by atoms with Crippen LogP contribution in [0.3, 0.4) is 0 Å². The Morgan fingerprint density at radius 2 is 1.78 bits per heavy atom. The first-order valence-electron chi connectivity index (χ1n) is 9.28. The molecule has 1 heterocycles. The van der Waals surface area contributed by atoms with Gasteiger partial charge in [0.2, 0.25) is 5.95 Å². The smallest absolute Gasteiger partial charge is 0.288 e. The summed E-state index contributed by atoms with van der Waals surface area (Å²) in [6, 6.07) is 10.3. The van der Waals surface area contributed by atoms with Gasteiger partial charge in [-0.3, -0.25) is 4.57 Å². The van der Waals surface area contributed by atoms with Gasteiger partial charge in [0.1, 0.15) is 10.8 Å². The quantitative estimate of drug-likeness (QED) is 0.315. The molecule has 4 N–H and O–H groups in total. The molecule has 0 fully saturated rings. The molecule has 0 aliphatic carbocycles. The zero-order valence-corrected chi connectivity index (χ0v) is 19.5. The molecule has 3 rings (SSSR count). The van der Waals surface area contributed by atoms with E-state index in [-0.39, 0.29) is 16.8 Å². The topological polar surface area (TPSA) is 127 Å². The summed E-state index contributed by atoms with van der Waals surface area (Å²) in [4.78, 5) is 18.4. The Bertz CT molecular complexity index is 1160. The van der Waals surface area contributed by atoms with Crippen LogP contribution < -0.4 is 29.9 Å². The van der Waals surface area contributed by atoms with Gasteiger partial charge >= 0.3 is 0 Å². The van der Waals surface area contributed by atoms with Crippen LogP contribution in [0.15, 0.2) is 42.6 Å². The predicted molar refractivity (Wildman–Crippen MR) is 126 cm³/mol. The Morgan fingerprint density at radius 3 is 2.44 bits per heavy atom. The third kappa shape index (κ3) is 5.73. The Labute approximate surface area is 190 Å². The maximum Gasteiger partial charge on any atom is 0.288 e. The van der Waals surface area contributed by atoms with Crippen molar-refractivity contribution in [1.29, 1.82) is 0 Å². The second kappa shape index (κ2) is 9.95. The van der Waals surface area contributed by atoms with Gasteiger partial charge in [-0.1, -0.05) is 17.7 Å². The first kappa shape index (κ1) is 23.5. The molecular weight excluding hydrogens is 457 g/mol. The van der Waals surface area contributed by atoms with Crippen LogP contribution in [-0.2, 0) is 4.57 Å². The summed E-state index contributed by atoms with van der Waals surface area (Å²) in [7, 11) is 0.998. The normalized spacial score (nSPS) is 12.4.